The first-order chi connectivity index (χ1) is 7.79. The molecule has 92 valence electrons. The normalized spacial score (nSPS) is 10.8. The number of benzene rings is 1. The highest BCUT2D eigenvalue weighted by molar-refractivity contribution is 7.80. The van der Waals surface area contributed by atoms with Gasteiger partial charge in [-0.25, -0.2) is 0 Å². The largest absolute Gasteiger partial charge is 0.376 e. The quantitative estimate of drug-likeness (QED) is 0.702. The Balaban J connectivity index is 2.97. The summed E-state index contributed by atoms with van der Waals surface area (Å²) in [4.78, 5) is 12.0. The molecule has 0 heterocycles. The number of hydrogen-bond donors (Lipinski definition) is 3. The molecule has 0 aliphatic heterocycles. The average molecular weight is 251 g/mol. The van der Waals surface area contributed by atoms with Gasteiger partial charge >= 0.3 is 0 Å². The molecule has 5 heteroatoms. The van der Waals surface area contributed by atoms with Gasteiger partial charge in [0, 0.05) is 5.54 Å². The van der Waals surface area contributed by atoms with Crippen LogP contribution in [-0.4, -0.2) is 16.6 Å². The fourth-order valence-electron chi connectivity index (χ4n) is 1.33. The van der Waals surface area contributed by atoms with Crippen molar-refractivity contribution in [2.24, 2.45) is 5.73 Å². The number of thiocarbonyl (C=S) groups is 1. The van der Waals surface area contributed by atoms with E-state index in [-0.39, 0.29) is 16.6 Å². The van der Waals surface area contributed by atoms with Crippen molar-refractivity contribution in [3.63, 3.8) is 0 Å². The molecular formula is C12H17N3OS. The number of carbonyl (C=O) groups is 1. The van der Waals surface area contributed by atoms with E-state index >= 15 is 0 Å². The van der Waals surface area contributed by atoms with Crippen LogP contribution in [0, 0.1) is 0 Å². The monoisotopic (exact) mass is 251 g/mol. The van der Waals surface area contributed by atoms with Crippen LogP contribution in [0.1, 0.15) is 31.1 Å². The van der Waals surface area contributed by atoms with Gasteiger partial charge in [0.2, 0.25) is 0 Å². The molecule has 0 unspecified atom stereocenters. The maximum Gasteiger partial charge on any atom is 0.253 e. The second-order valence-electron chi connectivity index (χ2n) is 4.74. The van der Waals surface area contributed by atoms with Gasteiger partial charge < -0.3 is 16.4 Å². The first-order valence-electron chi connectivity index (χ1n) is 5.27. The number of para-hydroxylation sites is 1. The van der Waals surface area contributed by atoms with Gasteiger partial charge in [-0.1, -0.05) is 12.1 Å². The first kappa shape index (κ1) is 13.4. The summed E-state index contributed by atoms with van der Waals surface area (Å²) in [5.74, 6) is -0.156. The molecule has 17 heavy (non-hydrogen) atoms. The van der Waals surface area contributed by atoms with Crippen LogP contribution in [-0.2, 0) is 0 Å². The van der Waals surface area contributed by atoms with Gasteiger partial charge in [-0.05, 0) is 45.1 Å². The number of hydrogen-bond acceptors (Lipinski definition) is 2. The molecule has 1 rings (SSSR count). The molecule has 0 saturated heterocycles. The molecule has 0 fully saturated rings. The lowest BCUT2D eigenvalue weighted by molar-refractivity contribution is 0.0920. The van der Waals surface area contributed by atoms with Crippen molar-refractivity contribution in [2.75, 3.05) is 5.32 Å². The predicted octanol–water partition coefficient (Wildman–Crippen LogP) is 1.87. The zero-order valence-electron chi connectivity index (χ0n) is 10.2. The Morgan fingerprint density at radius 2 is 1.88 bits per heavy atom. The van der Waals surface area contributed by atoms with Crippen molar-refractivity contribution in [1.29, 1.82) is 0 Å². The fourth-order valence-corrected chi connectivity index (χ4v) is 1.44. The maximum absolute atomic E-state index is 12.0. The van der Waals surface area contributed by atoms with Crippen LogP contribution in [0.2, 0.25) is 0 Å². The molecule has 4 nitrogen and oxygen atoms in total. The maximum atomic E-state index is 12.0. The molecular weight excluding hydrogens is 234 g/mol. The SMILES string of the molecule is CC(C)(C)NC(=O)c1ccccc1NC(N)=S. The van der Waals surface area contributed by atoms with E-state index in [1.165, 1.54) is 0 Å². The smallest absolute Gasteiger partial charge is 0.253 e. The molecule has 0 atom stereocenters. The minimum Gasteiger partial charge on any atom is -0.376 e. The number of carbonyl (C=O) groups excluding carboxylic acids is 1. The van der Waals surface area contributed by atoms with Crippen molar-refractivity contribution in [1.82, 2.24) is 5.32 Å². The van der Waals surface area contributed by atoms with E-state index in [9.17, 15) is 4.79 Å². The van der Waals surface area contributed by atoms with Crippen LogP contribution in [0.25, 0.3) is 0 Å². The second-order valence-corrected chi connectivity index (χ2v) is 5.18. The molecule has 0 aliphatic rings. The van der Waals surface area contributed by atoms with Crippen LogP contribution in [0.3, 0.4) is 0 Å². The Bertz CT molecular complexity index is 438. The third-order valence-electron chi connectivity index (χ3n) is 1.92. The predicted molar refractivity (Wildman–Crippen MR) is 74.1 cm³/mol. The first-order valence-corrected chi connectivity index (χ1v) is 5.68. The lowest BCUT2D eigenvalue weighted by Crippen LogP contribution is -2.41. The minimum atomic E-state index is -0.284. The molecule has 1 aromatic rings. The Morgan fingerprint density at radius 1 is 1.29 bits per heavy atom. The van der Waals surface area contributed by atoms with E-state index in [1.807, 2.05) is 26.8 Å². The summed E-state index contributed by atoms with van der Waals surface area (Å²) in [6.07, 6.45) is 0. The molecule has 0 spiro atoms. The molecule has 1 amide bonds. The summed E-state index contributed by atoms with van der Waals surface area (Å²) in [7, 11) is 0. The van der Waals surface area contributed by atoms with E-state index in [4.69, 9.17) is 18.0 Å². The molecule has 0 aromatic heterocycles. The van der Waals surface area contributed by atoms with Crippen molar-refractivity contribution >= 4 is 28.9 Å². The van der Waals surface area contributed by atoms with Gasteiger partial charge in [0.1, 0.15) is 0 Å². The zero-order chi connectivity index (χ0) is 13.1. The molecule has 1 aromatic carbocycles. The van der Waals surface area contributed by atoms with Gasteiger partial charge in [-0.2, -0.15) is 0 Å². The van der Waals surface area contributed by atoms with Crippen molar-refractivity contribution in [2.45, 2.75) is 26.3 Å². The van der Waals surface area contributed by atoms with Gasteiger partial charge in [-0.3, -0.25) is 4.79 Å². The van der Waals surface area contributed by atoms with E-state index in [0.717, 1.165) is 0 Å². The fraction of sp³-hybridized carbons (Fsp3) is 0.333. The number of rotatable bonds is 2. The van der Waals surface area contributed by atoms with E-state index < -0.39 is 0 Å². The van der Waals surface area contributed by atoms with Crippen molar-refractivity contribution < 1.29 is 4.79 Å². The van der Waals surface area contributed by atoms with Gasteiger partial charge in [0.15, 0.2) is 5.11 Å². The van der Waals surface area contributed by atoms with Crippen molar-refractivity contribution in [3.05, 3.63) is 29.8 Å². The highest BCUT2D eigenvalue weighted by Crippen LogP contribution is 2.15. The second kappa shape index (κ2) is 5.14. The standard InChI is InChI=1S/C12H17N3OS/c1-12(2,3)15-10(16)8-6-4-5-7-9(8)14-11(13)17/h4-7H,1-3H3,(H,15,16)(H3,13,14,17). The third kappa shape index (κ3) is 4.40. The van der Waals surface area contributed by atoms with Crippen LogP contribution >= 0.6 is 12.2 Å². The van der Waals surface area contributed by atoms with E-state index in [0.29, 0.717) is 11.3 Å². The van der Waals surface area contributed by atoms with Gasteiger partial charge in [-0.15, -0.1) is 0 Å². The average Bonchev–Trinajstić information content (AvgIpc) is 2.14. The summed E-state index contributed by atoms with van der Waals surface area (Å²) in [5.41, 5.74) is 6.26. The van der Waals surface area contributed by atoms with Gasteiger partial charge in [0.25, 0.3) is 5.91 Å². The Hall–Kier alpha value is -1.62. The highest BCUT2D eigenvalue weighted by Gasteiger charge is 2.17. The van der Waals surface area contributed by atoms with Crippen molar-refractivity contribution in [3.8, 4) is 0 Å². The third-order valence-corrected chi connectivity index (χ3v) is 2.02. The number of anilines is 1. The molecule has 0 saturated carbocycles. The van der Waals surface area contributed by atoms with Crippen LogP contribution in [0.15, 0.2) is 24.3 Å². The van der Waals surface area contributed by atoms with E-state index in [1.54, 1.807) is 18.2 Å². The summed E-state index contributed by atoms with van der Waals surface area (Å²) >= 11 is 4.77. The van der Waals surface area contributed by atoms with E-state index in [2.05, 4.69) is 10.6 Å². The Morgan fingerprint density at radius 3 is 2.41 bits per heavy atom. The van der Waals surface area contributed by atoms with Crippen LogP contribution in [0.4, 0.5) is 5.69 Å². The van der Waals surface area contributed by atoms with Gasteiger partial charge in [0.05, 0.1) is 11.3 Å². The molecule has 0 bridgehead atoms. The lowest BCUT2D eigenvalue weighted by Gasteiger charge is -2.21. The molecule has 4 N–H and O–H groups in total. The number of nitrogens with two attached hydrogens (primary N) is 1. The number of nitrogens with one attached hydrogen (secondary N) is 2. The molecule has 0 radical (unpaired) electrons. The van der Waals surface area contributed by atoms with Crippen LogP contribution < -0.4 is 16.4 Å². The lowest BCUT2D eigenvalue weighted by atomic mass is 10.1. The molecule has 0 aliphatic carbocycles. The summed E-state index contributed by atoms with van der Waals surface area (Å²) in [5, 5.41) is 5.81. The highest BCUT2D eigenvalue weighted by atomic mass is 32.1. The van der Waals surface area contributed by atoms with Crippen LogP contribution in [0.5, 0.6) is 0 Å². The summed E-state index contributed by atoms with van der Waals surface area (Å²) < 4.78 is 0. The Labute approximate surface area is 107 Å². The topological polar surface area (TPSA) is 67.2 Å². The Kier molecular flexibility index (Phi) is 4.07. The minimum absolute atomic E-state index is 0.140. The summed E-state index contributed by atoms with van der Waals surface area (Å²) in [6, 6.07) is 7.09. The number of amides is 1. The summed E-state index contributed by atoms with van der Waals surface area (Å²) in [6.45, 7) is 5.78. The zero-order valence-corrected chi connectivity index (χ0v) is 11.0.